The van der Waals surface area contributed by atoms with Crippen molar-refractivity contribution in [3.05, 3.63) is 54.1 Å². The van der Waals surface area contributed by atoms with Crippen LogP contribution in [0.15, 0.2) is 42.9 Å². The van der Waals surface area contributed by atoms with Crippen LogP contribution >= 0.6 is 0 Å². The zero-order chi connectivity index (χ0) is 33.8. The molecule has 4 amide bonds. The Morgan fingerprint density at radius 3 is 2.49 bits per heavy atom. The van der Waals surface area contributed by atoms with Crippen molar-refractivity contribution >= 4 is 23.8 Å². The molecule has 0 radical (unpaired) electrons. The summed E-state index contributed by atoms with van der Waals surface area (Å²) >= 11 is 0. The molecule has 1 aromatic heterocycles. The van der Waals surface area contributed by atoms with Crippen molar-refractivity contribution in [2.24, 2.45) is 11.8 Å². The predicted molar refractivity (Wildman–Crippen MR) is 174 cm³/mol. The van der Waals surface area contributed by atoms with Crippen molar-refractivity contribution in [3.8, 4) is 0 Å². The number of imidazole rings is 1. The number of aromatic nitrogens is 2. The van der Waals surface area contributed by atoms with Crippen LogP contribution in [0.2, 0.25) is 0 Å². The molecular weight excluding hydrogens is 604 g/mol. The van der Waals surface area contributed by atoms with Crippen LogP contribution in [-0.4, -0.2) is 111 Å². The van der Waals surface area contributed by atoms with Gasteiger partial charge in [-0.3, -0.25) is 14.4 Å². The summed E-state index contributed by atoms with van der Waals surface area (Å²) in [7, 11) is 1.57. The topological polar surface area (TPSA) is 177 Å². The van der Waals surface area contributed by atoms with Gasteiger partial charge >= 0.3 is 6.09 Å². The molecule has 1 aliphatic heterocycles. The molecule has 2 fully saturated rings. The number of hydrogen-bond acceptors (Lipinski definition) is 8. The van der Waals surface area contributed by atoms with E-state index in [1.165, 1.54) is 16.1 Å². The third-order valence-corrected chi connectivity index (χ3v) is 9.32. The number of carbonyl (C=O) groups is 4. The number of carbonyl (C=O) groups excluding carboxylic acids is 4. The van der Waals surface area contributed by atoms with Gasteiger partial charge in [0.15, 0.2) is 0 Å². The molecule has 4 rings (SSSR count). The number of cyclic esters (lactones) is 1. The standard InChI is InChI=1S/C34H50N6O7/c1-3-40-21-29(47-34(40)46)31(43)27(17-24-12-8-5-9-13-24)37-33(45)28(19-26-20-35-22-36-26)38-32(44)25(16-23-10-6-4-7-11-23)18-30(42)39(2)14-15-41/h4,6-7,10-11,20,22,24-25,27-29,31,41,43H,3,5,8-9,12-19,21H2,1-2H3,(H,35,36)(H,37,45)(H,38,44). The summed E-state index contributed by atoms with van der Waals surface area (Å²) in [5.41, 5.74) is 1.49. The number of aliphatic hydroxyl groups is 2. The average Bonchev–Trinajstić information content (AvgIpc) is 3.73. The van der Waals surface area contributed by atoms with E-state index in [1.807, 2.05) is 37.3 Å². The van der Waals surface area contributed by atoms with E-state index in [9.17, 15) is 29.4 Å². The Morgan fingerprint density at radius 2 is 1.85 bits per heavy atom. The van der Waals surface area contributed by atoms with Gasteiger partial charge in [-0.2, -0.15) is 0 Å². The van der Waals surface area contributed by atoms with Crippen LogP contribution in [0, 0.1) is 11.8 Å². The highest BCUT2D eigenvalue weighted by molar-refractivity contribution is 5.91. The molecule has 258 valence electrons. The smallest absolute Gasteiger partial charge is 0.410 e. The van der Waals surface area contributed by atoms with E-state index in [-0.39, 0.29) is 44.9 Å². The summed E-state index contributed by atoms with van der Waals surface area (Å²) in [5.74, 6) is -1.75. The van der Waals surface area contributed by atoms with Gasteiger partial charge < -0.3 is 40.4 Å². The summed E-state index contributed by atoms with van der Waals surface area (Å²) in [6.07, 6.45) is 6.69. The lowest BCUT2D eigenvalue weighted by molar-refractivity contribution is -0.137. The SMILES string of the molecule is CCN1CC(C(O)C(CC2CCCCC2)NC(=O)C(Cc2cnc[nH]2)NC(=O)C(CC(=O)N(C)CCO)Cc2ccccc2)OC1=O. The summed E-state index contributed by atoms with van der Waals surface area (Å²) in [6.45, 7) is 2.45. The van der Waals surface area contributed by atoms with Crippen LogP contribution in [0.1, 0.15) is 63.1 Å². The summed E-state index contributed by atoms with van der Waals surface area (Å²) in [6, 6.07) is 7.58. The largest absolute Gasteiger partial charge is 0.441 e. The molecule has 13 heteroatoms. The molecule has 5 atom stereocenters. The van der Waals surface area contributed by atoms with Gasteiger partial charge in [0, 0.05) is 44.9 Å². The number of benzene rings is 1. The van der Waals surface area contributed by atoms with Crippen molar-refractivity contribution in [3.63, 3.8) is 0 Å². The van der Waals surface area contributed by atoms with Crippen molar-refractivity contribution < 1.29 is 34.1 Å². The van der Waals surface area contributed by atoms with E-state index < -0.39 is 48.1 Å². The van der Waals surface area contributed by atoms with Crippen molar-refractivity contribution in [1.29, 1.82) is 0 Å². The fourth-order valence-corrected chi connectivity index (χ4v) is 6.49. The first-order chi connectivity index (χ1) is 22.7. The van der Waals surface area contributed by atoms with Crippen LogP contribution in [0.5, 0.6) is 0 Å². The third kappa shape index (κ3) is 10.5. The number of H-pyrrole nitrogens is 1. The van der Waals surface area contributed by atoms with Crippen molar-refractivity contribution in [1.82, 2.24) is 30.4 Å². The van der Waals surface area contributed by atoms with Crippen molar-refractivity contribution in [2.75, 3.05) is 33.3 Å². The van der Waals surface area contributed by atoms with Crippen molar-refractivity contribution in [2.45, 2.75) is 89.0 Å². The molecule has 2 aromatic rings. The van der Waals surface area contributed by atoms with Gasteiger partial charge in [-0.25, -0.2) is 9.78 Å². The maximum Gasteiger partial charge on any atom is 0.410 e. The second-order valence-electron chi connectivity index (χ2n) is 12.8. The van der Waals surface area contributed by atoms with Gasteiger partial charge in [0.25, 0.3) is 0 Å². The van der Waals surface area contributed by atoms with E-state index >= 15 is 0 Å². The highest BCUT2D eigenvalue weighted by Gasteiger charge is 2.41. The van der Waals surface area contributed by atoms with Crippen LogP contribution < -0.4 is 10.6 Å². The Kier molecular flexibility index (Phi) is 13.6. The maximum atomic E-state index is 14.1. The first-order valence-electron chi connectivity index (χ1n) is 16.8. The molecule has 1 saturated heterocycles. The number of rotatable bonds is 17. The van der Waals surface area contributed by atoms with Gasteiger partial charge in [0.1, 0.15) is 18.2 Å². The molecule has 5 N–H and O–H groups in total. The highest BCUT2D eigenvalue weighted by atomic mass is 16.6. The Balaban J connectivity index is 1.55. The number of nitrogens with one attached hydrogen (secondary N) is 3. The highest BCUT2D eigenvalue weighted by Crippen LogP contribution is 2.29. The molecule has 1 aliphatic carbocycles. The zero-order valence-electron chi connectivity index (χ0n) is 27.5. The van der Waals surface area contributed by atoms with Gasteiger partial charge in [0.05, 0.1) is 31.4 Å². The van der Waals surface area contributed by atoms with Crippen LogP contribution in [-0.2, 0) is 32.0 Å². The first kappa shape index (κ1) is 35.9. The Bertz CT molecular complexity index is 1290. The molecule has 47 heavy (non-hydrogen) atoms. The Hall–Kier alpha value is -3.97. The molecule has 2 heterocycles. The third-order valence-electron chi connectivity index (χ3n) is 9.32. The van der Waals surface area contributed by atoms with Crippen LogP contribution in [0.25, 0.3) is 0 Å². The maximum absolute atomic E-state index is 14.1. The van der Waals surface area contributed by atoms with Gasteiger partial charge in [-0.15, -0.1) is 0 Å². The number of likely N-dealkylation sites (N-methyl/N-ethyl adjacent to an activating group) is 2. The molecule has 13 nitrogen and oxygen atoms in total. The zero-order valence-corrected chi connectivity index (χ0v) is 27.5. The minimum atomic E-state index is -1.14. The molecule has 0 spiro atoms. The molecule has 1 aromatic carbocycles. The lowest BCUT2D eigenvalue weighted by Gasteiger charge is -2.33. The molecule has 2 aliphatic rings. The fraction of sp³-hybridized carbons (Fsp3) is 0.618. The van der Waals surface area contributed by atoms with E-state index in [0.717, 1.165) is 37.7 Å². The Labute approximate surface area is 276 Å². The van der Waals surface area contributed by atoms with Crippen LogP contribution in [0.3, 0.4) is 0 Å². The summed E-state index contributed by atoms with van der Waals surface area (Å²) in [4.78, 5) is 63.2. The monoisotopic (exact) mass is 654 g/mol. The Morgan fingerprint density at radius 1 is 1.11 bits per heavy atom. The van der Waals surface area contributed by atoms with Crippen LogP contribution in [0.4, 0.5) is 4.79 Å². The van der Waals surface area contributed by atoms with Gasteiger partial charge in [-0.1, -0.05) is 62.4 Å². The van der Waals surface area contributed by atoms with E-state index in [2.05, 4.69) is 20.6 Å². The average molecular weight is 655 g/mol. The lowest BCUT2D eigenvalue weighted by Crippen LogP contribution is -2.57. The first-order valence-corrected chi connectivity index (χ1v) is 16.8. The second kappa shape index (κ2) is 17.8. The normalized spacial score (nSPS) is 19.4. The van der Waals surface area contributed by atoms with E-state index in [1.54, 1.807) is 13.2 Å². The predicted octanol–water partition coefficient (Wildman–Crippen LogP) is 1.79. The van der Waals surface area contributed by atoms with E-state index in [0.29, 0.717) is 24.6 Å². The lowest BCUT2D eigenvalue weighted by atomic mass is 9.83. The number of aromatic amines is 1. The molecule has 5 unspecified atom stereocenters. The number of nitrogens with zero attached hydrogens (tertiary/aromatic N) is 3. The number of amides is 4. The second-order valence-corrected chi connectivity index (χ2v) is 12.8. The quantitative estimate of drug-likeness (QED) is 0.171. The minimum Gasteiger partial charge on any atom is -0.441 e. The molecule has 1 saturated carbocycles. The van der Waals surface area contributed by atoms with E-state index in [4.69, 9.17) is 4.74 Å². The summed E-state index contributed by atoms with van der Waals surface area (Å²) < 4.78 is 5.50. The number of aliphatic hydroxyl groups excluding tert-OH is 2. The summed E-state index contributed by atoms with van der Waals surface area (Å²) in [5, 5.41) is 26.7. The minimum absolute atomic E-state index is 0.0995. The molecule has 0 bridgehead atoms. The fourth-order valence-electron chi connectivity index (χ4n) is 6.49. The number of ether oxygens (including phenoxy) is 1. The van der Waals surface area contributed by atoms with Gasteiger partial charge in [0.2, 0.25) is 17.7 Å². The number of hydrogen-bond donors (Lipinski definition) is 5. The molecular formula is C34H50N6O7. The van der Waals surface area contributed by atoms with Gasteiger partial charge in [-0.05, 0) is 31.2 Å².